The fourth-order valence-electron chi connectivity index (χ4n) is 0.671. The van der Waals surface area contributed by atoms with Gasteiger partial charge in [-0.15, -0.1) is 0 Å². The highest BCUT2D eigenvalue weighted by molar-refractivity contribution is 6.15. The molecular weight excluding hydrogens is 200 g/mol. The number of carbonyl (C=O) groups is 3. The number of ketones is 1. The van der Waals surface area contributed by atoms with Crippen molar-refractivity contribution in [3.63, 3.8) is 0 Å². The lowest BCUT2D eigenvalue weighted by atomic mass is 10.2. The van der Waals surface area contributed by atoms with Crippen molar-refractivity contribution < 1.29 is 23.9 Å². The van der Waals surface area contributed by atoms with Gasteiger partial charge in [0.1, 0.15) is 0 Å². The minimum atomic E-state index is -0.731. The van der Waals surface area contributed by atoms with Gasteiger partial charge in [-0.3, -0.25) is 9.59 Å². The summed E-state index contributed by atoms with van der Waals surface area (Å²) in [5, 5.41) is 0. The fourth-order valence-corrected chi connectivity index (χ4v) is 0.671. The first-order chi connectivity index (χ1) is 6.95. The number of esters is 2. The zero-order valence-electron chi connectivity index (χ0n) is 8.87. The van der Waals surface area contributed by atoms with Crippen LogP contribution in [0, 0.1) is 0 Å². The molecule has 0 aromatic carbocycles. The second-order valence-corrected chi connectivity index (χ2v) is 2.86. The van der Waals surface area contributed by atoms with Crippen molar-refractivity contribution in [1.82, 2.24) is 0 Å². The highest BCUT2D eigenvalue weighted by Gasteiger charge is 2.12. The summed E-state index contributed by atoms with van der Waals surface area (Å²) < 4.78 is 9.31. The number of hydrogen-bond acceptors (Lipinski definition) is 5. The number of Topliss-reactive ketones (excluding diaryl/α,β-unsaturated/α-hetero) is 1. The molecule has 0 atom stereocenters. The first-order valence-corrected chi connectivity index (χ1v) is 4.45. The highest BCUT2D eigenvalue weighted by atomic mass is 16.5. The minimum absolute atomic E-state index is 0.0956. The van der Waals surface area contributed by atoms with Crippen LogP contribution in [0.3, 0.4) is 0 Å². The average molecular weight is 214 g/mol. The van der Waals surface area contributed by atoms with Crippen molar-refractivity contribution in [1.29, 1.82) is 0 Å². The summed E-state index contributed by atoms with van der Waals surface area (Å²) in [5.74, 6) is -1.53. The Labute approximate surface area is 88.0 Å². The van der Waals surface area contributed by atoms with Crippen LogP contribution in [0.1, 0.15) is 20.3 Å². The molecule has 0 fully saturated rings. The quantitative estimate of drug-likeness (QED) is 0.213. The van der Waals surface area contributed by atoms with Gasteiger partial charge in [-0.1, -0.05) is 6.58 Å². The first-order valence-electron chi connectivity index (χ1n) is 4.45. The third kappa shape index (κ3) is 6.42. The van der Waals surface area contributed by atoms with Gasteiger partial charge >= 0.3 is 11.9 Å². The number of carbonyl (C=O) groups excluding carboxylic acids is 3. The lowest BCUT2D eigenvalue weighted by Crippen LogP contribution is -2.14. The van der Waals surface area contributed by atoms with E-state index in [0.29, 0.717) is 6.42 Å². The molecule has 0 bridgehead atoms. The van der Waals surface area contributed by atoms with Gasteiger partial charge < -0.3 is 9.47 Å². The maximum atomic E-state index is 11.0. The molecule has 15 heavy (non-hydrogen) atoms. The van der Waals surface area contributed by atoms with E-state index < -0.39 is 11.8 Å². The van der Waals surface area contributed by atoms with Crippen molar-refractivity contribution in [3.8, 4) is 0 Å². The molecule has 0 N–H and O–H groups in total. The second kappa shape index (κ2) is 6.75. The highest BCUT2D eigenvalue weighted by Crippen LogP contribution is 1.97. The smallest absolute Gasteiger partial charge is 0.341 e. The van der Waals surface area contributed by atoms with E-state index in [1.165, 1.54) is 13.8 Å². The maximum absolute atomic E-state index is 11.0. The first kappa shape index (κ1) is 13.4. The van der Waals surface area contributed by atoms with Crippen molar-refractivity contribution in [2.45, 2.75) is 20.3 Å². The Morgan fingerprint density at radius 1 is 1.07 bits per heavy atom. The lowest BCUT2D eigenvalue weighted by molar-refractivity contribution is -0.142. The summed E-state index contributed by atoms with van der Waals surface area (Å²) in [6.07, 6.45) is 0.399. The van der Waals surface area contributed by atoms with E-state index >= 15 is 0 Å². The van der Waals surface area contributed by atoms with Crippen LogP contribution in [0.5, 0.6) is 0 Å². The van der Waals surface area contributed by atoms with Gasteiger partial charge in [-0.25, -0.2) is 4.79 Å². The second-order valence-electron chi connectivity index (χ2n) is 2.86. The molecule has 0 rings (SSSR count). The number of ether oxygens (including phenoxy) is 2. The molecule has 0 saturated heterocycles. The fraction of sp³-hybridized carbons (Fsp3) is 0.500. The SMILES string of the molecule is C=C(C(C)=O)C(=O)OCCCOC(C)=O. The molecule has 0 aliphatic rings. The van der Waals surface area contributed by atoms with Crippen LogP contribution in [0.25, 0.3) is 0 Å². The zero-order valence-corrected chi connectivity index (χ0v) is 8.87. The molecule has 5 nitrogen and oxygen atoms in total. The van der Waals surface area contributed by atoms with E-state index in [1.807, 2.05) is 0 Å². The molecule has 0 aliphatic heterocycles. The van der Waals surface area contributed by atoms with Gasteiger partial charge in [-0.05, 0) is 6.92 Å². The van der Waals surface area contributed by atoms with Gasteiger partial charge in [0, 0.05) is 13.3 Å². The van der Waals surface area contributed by atoms with Crippen LogP contribution in [0.4, 0.5) is 0 Å². The molecule has 0 spiro atoms. The summed E-state index contributed by atoms with van der Waals surface area (Å²) in [6.45, 7) is 6.09. The lowest BCUT2D eigenvalue weighted by Gasteiger charge is -2.04. The molecule has 0 radical (unpaired) electrons. The zero-order chi connectivity index (χ0) is 11.8. The Bertz CT molecular complexity index is 280. The summed E-state index contributed by atoms with van der Waals surface area (Å²) >= 11 is 0. The van der Waals surface area contributed by atoms with Crippen LogP contribution < -0.4 is 0 Å². The number of hydrogen-bond donors (Lipinski definition) is 0. The van der Waals surface area contributed by atoms with Gasteiger partial charge in [0.2, 0.25) is 0 Å². The van der Waals surface area contributed by atoms with Gasteiger partial charge in [0.05, 0.1) is 18.8 Å². The Morgan fingerprint density at radius 2 is 1.60 bits per heavy atom. The predicted octanol–water partition coefficient (Wildman–Crippen LogP) is 0.628. The van der Waals surface area contributed by atoms with Crippen LogP contribution in [0.2, 0.25) is 0 Å². The third-order valence-corrected chi connectivity index (χ3v) is 1.50. The standard InChI is InChI=1S/C10H14O5/c1-7(8(2)11)10(13)15-6-4-5-14-9(3)12/h1,4-6H2,2-3H3. The molecule has 0 saturated carbocycles. The van der Waals surface area contributed by atoms with E-state index in [0.717, 1.165) is 0 Å². The van der Waals surface area contributed by atoms with Crippen LogP contribution in [-0.4, -0.2) is 30.9 Å². The molecule has 0 aliphatic carbocycles. The Kier molecular flexibility index (Phi) is 6.01. The third-order valence-electron chi connectivity index (χ3n) is 1.50. The van der Waals surface area contributed by atoms with E-state index in [9.17, 15) is 14.4 Å². The minimum Gasteiger partial charge on any atom is -0.466 e. The molecule has 0 aromatic heterocycles. The van der Waals surface area contributed by atoms with Gasteiger partial charge in [-0.2, -0.15) is 0 Å². The van der Waals surface area contributed by atoms with E-state index in [1.54, 1.807) is 0 Å². The van der Waals surface area contributed by atoms with Crippen molar-refractivity contribution in [2.24, 2.45) is 0 Å². The maximum Gasteiger partial charge on any atom is 0.341 e. The summed E-state index contributed by atoms with van der Waals surface area (Å²) in [6, 6.07) is 0. The molecule has 0 amide bonds. The normalized spacial score (nSPS) is 9.20. The molecule has 84 valence electrons. The van der Waals surface area contributed by atoms with Crippen LogP contribution >= 0.6 is 0 Å². The van der Waals surface area contributed by atoms with Crippen molar-refractivity contribution in [2.75, 3.05) is 13.2 Å². The topological polar surface area (TPSA) is 69.7 Å². The number of rotatable bonds is 6. The summed E-state index contributed by atoms with van der Waals surface area (Å²) in [7, 11) is 0. The Balaban J connectivity index is 3.60. The molecule has 0 unspecified atom stereocenters. The molecular formula is C10H14O5. The Morgan fingerprint density at radius 3 is 2.07 bits per heavy atom. The summed E-state index contributed by atoms with van der Waals surface area (Å²) in [5.41, 5.74) is -0.178. The van der Waals surface area contributed by atoms with Crippen molar-refractivity contribution in [3.05, 3.63) is 12.2 Å². The monoisotopic (exact) mass is 214 g/mol. The van der Waals surface area contributed by atoms with Gasteiger partial charge in [0.25, 0.3) is 0 Å². The average Bonchev–Trinajstić information content (AvgIpc) is 2.15. The summed E-state index contributed by atoms with van der Waals surface area (Å²) in [4.78, 5) is 32.1. The molecule has 0 aromatic rings. The predicted molar refractivity (Wildman–Crippen MR) is 52.0 cm³/mol. The van der Waals surface area contributed by atoms with Crippen LogP contribution in [-0.2, 0) is 23.9 Å². The van der Waals surface area contributed by atoms with E-state index in [2.05, 4.69) is 11.3 Å². The van der Waals surface area contributed by atoms with Crippen LogP contribution in [0.15, 0.2) is 12.2 Å². The van der Waals surface area contributed by atoms with Gasteiger partial charge in [0.15, 0.2) is 5.78 Å². The molecule has 5 heteroatoms. The molecule has 0 heterocycles. The van der Waals surface area contributed by atoms with E-state index in [4.69, 9.17) is 4.74 Å². The van der Waals surface area contributed by atoms with E-state index in [-0.39, 0.29) is 24.8 Å². The largest absolute Gasteiger partial charge is 0.466 e. The van der Waals surface area contributed by atoms with Crippen molar-refractivity contribution >= 4 is 17.7 Å². The Hall–Kier alpha value is -1.65.